The summed E-state index contributed by atoms with van der Waals surface area (Å²) in [5.41, 5.74) is 2.53. The number of hydrogen-bond acceptors (Lipinski definition) is 8. The summed E-state index contributed by atoms with van der Waals surface area (Å²) < 4.78 is 29.6. The number of ether oxygens (including phenoxy) is 1. The lowest BCUT2D eigenvalue weighted by molar-refractivity contribution is -0.101. The van der Waals surface area contributed by atoms with Gasteiger partial charge in [-0.3, -0.25) is 5.32 Å². The number of aliphatic hydroxyl groups is 1. The van der Waals surface area contributed by atoms with Crippen molar-refractivity contribution >= 4 is 10.0 Å². The van der Waals surface area contributed by atoms with E-state index in [1.807, 2.05) is 31.2 Å². The van der Waals surface area contributed by atoms with Crippen LogP contribution in [0, 0.1) is 0 Å². The Morgan fingerprint density at radius 1 is 1.18 bits per heavy atom. The number of nitrogens with one attached hydrogen (secondary N) is 2. The standard InChI is InChI=1S/C17H18N6O4S/c1-9-15(27-17(24)19-9)11-7-5-10(6-8-11)12-3-2-4-13(28(18,25)26)14(12)16-20-22-23-21-16/h2-9,15,17,19,24H,1H3,(H2,18,25,26)(H,20,21,22,23)/t9-,15-,17?/m1/s1. The van der Waals surface area contributed by atoms with Gasteiger partial charge in [0.15, 0.2) is 5.82 Å². The van der Waals surface area contributed by atoms with Gasteiger partial charge in [-0.25, -0.2) is 18.7 Å². The monoisotopic (exact) mass is 402 g/mol. The molecule has 1 fully saturated rings. The number of rotatable bonds is 4. The summed E-state index contributed by atoms with van der Waals surface area (Å²) >= 11 is 0. The molecule has 28 heavy (non-hydrogen) atoms. The zero-order valence-corrected chi connectivity index (χ0v) is 15.6. The summed E-state index contributed by atoms with van der Waals surface area (Å²) in [6, 6.07) is 12.1. The van der Waals surface area contributed by atoms with Gasteiger partial charge in [0.2, 0.25) is 16.4 Å². The molecule has 1 saturated heterocycles. The van der Waals surface area contributed by atoms with Crippen molar-refractivity contribution in [2.45, 2.75) is 30.4 Å². The predicted octanol–water partition coefficient (Wildman–Crippen LogP) is 0.506. The minimum absolute atomic E-state index is 0.0533. The van der Waals surface area contributed by atoms with Gasteiger partial charge in [-0.05, 0) is 40.1 Å². The molecule has 11 heteroatoms. The number of tetrazole rings is 1. The summed E-state index contributed by atoms with van der Waals surface area (Å²) in [6.45, 7) is 1.92. The van der Waals surface area contributed by atoms with E-state index in [-0.39, 0.29) is 22.9 Å². The van der Waals surface area contributed by atoms with Crippen molar-refractivity contribution in [1.82, 2.24) is 25.9 Å². The minimum Gasteiger partial charge on any atom is -0.356 e. The Labute approximate surface area is 160 Å². The van der Waals surface area contributed by atoms with Crippen LogP contribution in [0.25, 0.3) is 22.5 Å². The van der Waals surface area contributed by atoms with Crippen molar-refractivity contribution in [3.8, 4) is 22.5 Å². The van der Waals surface area contributed by atoms with Gasteiger partial charge in [-0.1, -0.05) is 36.4 Å². The molecular weight excluding hydrogens is 384 g/mol. The molecule has 0 radical (unpaired) electrons. The van der Waals surface area contributed by atoms with Crippen LogP contribution in [-0.4, -0.2) is 46.6 Å². The lowest BCUT2D eigenvalue weighted by Crippen LogP contribution is -2.27. The number of aromatic nitrogens is 4. The molecule has 4 rings (SSSR count). The highest BCUT2D eigenvalue weighted by molar-refractivity contribution is 7.89. The van der Waals surface area contributed by atoms with Crippen molar-refractivity contribution in [3.05, 3.63) is 48.0 Å². The van der Waals surface area contributed by atoms with E-state index in [1.165, 1.54) is 6.07 Å². The SMILES string of the molecule is C[C@H]1NC(O)O[C@H]1c1ccc(-c2cccc(S(N)(=O)=O)c2-c2nnn[nH]2)cc1. The molecule has 10 nitrogen and oxygen atoms in total. The van der Waals surface area contributed by atoms with Gasteiger partial charge in [0.25, 0.3) is 0 Å². The predicted molar refractivity (Wildman–Crippen MR) is 98.9 cm³/mol. The highest BCUT2D eigenvalue weighted by Crippen LogP contribution is 2.36. The summed E-state index contributed by atoms with van der Waals surface area (Å²) in [4.78, 5) is -0.0762. The number of hydrogen-bond donors (Lipinski definition) is 4. The van der Waals surface area contributed by atoms with Gasteiger partial charge in [0.05, 0.1) is 4.90 Å². The first kappa shape index (κ1) is 18.7. The van der Waals surface area contributed by atoms with Crippen LogP contribution in [0.3, 0.4) is 0 Å². The molecule has 0 bridgehead atoms. The van der Waals surface area contributed by atoms with E-state index in [2.05, 4.69) is 25.9 Å². The number of nitrogens with two attached hydrogens (primary N) is 1. The van der Waals surface area contributed by atoms with E-state index in [0.717, 1.165) is 11.1 Å². The first-order chi connectivity index (χ1) is 13.3. The quantitative estimate of drug-likeness (QED) is 0.492. The van der Waals surface area contributed by atoms with Crippen LogP contribution in [0.15, 0.2) is 47.4 Å². The Hall–Kier alpha value is -2.70. The number of H-pyrrole nitrogens is 1. The third kappa shape index (κ3) is 3.41. The normalized spacial score (nSPS) is 22.5. The lowest BCUT2D eigenvalue weighted by atomic mass is 9.96. The van der Waals surface area contributed by atoms with E-state index in [4.69, 9.17) is 9.88 Å². The number of nitrogens with zero attached hydrogens (tertiary/aromatic N) is 3. The van der Waals surface area contributed by atoms with Crippen molar-refractivity contribution in [1.29, 1.82) is 0 Å². The minimum atomic E-state index is -4.00. The molecule has 0 amide bonds. The average Bonchev–Trinajstić information content (AvgIpc) is 3.30. The van der Waals surface area contributed by atoms with Gasteiger partial charge in [0, 0.05) is 11.6 Å². The first-order valence-corrected chi connectivity index (χ1v) is 9.99. The van der Waals surface area contributed by atoms with Crippen LogP contribution in [0.1, 0.15) is 18.6 Å². The van der Waals surface area contributed by atoms with E-state index < -0.39 is 16.4 Å². The van der Waals surface area contributed by atoms with Crippen molar-refractivity contribution < 1.29 is 18.3 Å². The van der Waals surface area contributed by atoms with Crippen molar-refractivity contribution in [2.75, 3.05) is 0 Å². The second kappa shape index (κ2) is 7.04. The molecule has 1 unspecified atom stereocenters. The molecule has 0 spiro atoms. The Bertz CT molecular complexity index is 1090. The smallest absolute Gasteiger partial charge is 0.238 e. The summed E-state index contributed by atoms with van der Waals surface area (Å²) in [5, 5.41) is 31.4. The number of aliphatic hydroxyl groups excluding tert-OH is 1. The Balaban J connectivity index is 1.80. The van der Waals surface area contributed by atoms with Crippen molar-refractivity contribution in [3.63, 3.8) is 0 Å². The van der Waals surface area contributed by atoms with Crippen LogP contribution >= 0.6 is 0 Å². The fourth-order valence-electron chi connectivity index (χ4n) is 3.35. The maximum Gasteiger partial charge on any atom is 0.238 e. The molecule has 5 N–H and O–H groups in total. The molecule has 1 aromatic heterocycles. The zero-order valence-electron chi connectivity index (χ0n) is 14.8. The molecule has 1 aliphatic heterocycles. The molecule has 1 aliphatic rings. The topological polar surface area (TPSA) is 156 Å². The van der Waals surface area contributed by atoms with Gasteiger partial charge in [-0.15, -0.1) is 5.10 Å². The number of benzene rings is 2. The van der Waals surface area contributed by atoms with Crippen LogP contribution in [0.4, 0.5) is 0 Å². The van der Waals surface area contributed by atoms with Gasteiger partial charge < -0.3 is 9.84 Å². The zero-order chi connectivity index (χ0) is 19.9. The van der Waals surface area contributed by atoms with Gasteiger partial charge in [-0.2, -0.15) is 0 Å². The molecule has 2 aromatic carbocycles. The molecule has 3 atom stereocenters. The number of primary sulfonamides is 1. The molecule has 146 valence electrons. The number of aromatic amines is 1. The largest absolute Gasteiger partial charge is 0.356 e. The van der Waals surface area contributed by atoms with Crippen molar-refractivity contribution in [2.24, 2.45) is 5.14 Å². The van der Waals surface area contributed by atoms with E-state index in [0.29, 0.717) is 11.1 Å². The van der Waals surface area contributed by atoms with E-state index >= 15 is 0 Å². The second-order valence-corrected chi connectivity index (χ2v) is 7.99. The van der Waals surface area contributed by atoms with Crippen LogP contribution in [0.2, 0.25) is 0 Å². The number of sulfonamides is 1. The molecule has 3 aromatic rings. The molecule has 0 aliphatic carbocycles. The molecular formula is C17H18N6O4S. The van der Waals surface area contributed by atoms with Crippen LogP contribution in [0.5, 0.6) is 0 Å². The first-order valence-electron chi connectivity index (χ1n) is 8.44. The Kier molecular flexibility index (Phi) is 4.69. The third-order valence-corrected chi connectivity index (χ3v) is 5.55. The van der Waals surface area contributed by atoms with Crippen LogP contribution < -0.4 is 10.5 Å². The summed E-state index contributed by atoms with van der Waals surface area (Å²) in [7, 11) is -4.00. The second-order valence-electron chi connectivity index (χ2n) is 6.46. The van der Waals surface area contributed by atoms with Crippen LogP contribution in [-0.2, 0) is 14.8 Å². The molecule has 2 heterocycles. The Morgan fingerprint density at radius 3 is 2.50 bits per heavy atom. The average molecular weight is 402 g/mol. The maximum absolute atomic E-state index is 12.1. The fraction of sp³-hybridized carbons (Fsp3) is 0.235. The Morgan fingerprint density at radius 2 is 1.93 bits per heavy atom. The summed E-state index contributed by atoms with van der Waals surface area (Å²) in [5.74, 6) is 0.198. The van der Waals surface area contributed by atoms with Gasteiger partial charge >= 0.3 is 0 Å². The lowest BCUT2D eigenvalue weighted by Gasteiger charge is -2.16. The molecule has 0 saturated carbocycles. The maximum atomic E-state index is 12.1. The highest BCUT2D eigenvalue weighted by Gasteiger charge is 2.31. The van der Waals surface area contributed by atoms with E-state index in [1.54, 1.807) is 12.1 Å². The fourth-order valence-corrected chi connectivity index (χ4v) is 4.11. The third-order valence-electron chi connectivity index (χ3n) is 4.60. The van der Waals surface area contributed by atoms with Gasteiger partial charge in [0.1, 0.15) is 6.10 Å². The van der Waals surface area contributed by atoms with E-state index in [9.17, 15) is 13.5 Å². The summed E-state index contributed by atoms with van der Waals surface area (Å²) in [6.07, 6.45) is -1.30. The highest BCUT2D eigenvalue weighted by atomic mass is 32.2.